The predicted octanol–water partition coefficient (Wildman–Crippen LogP) is 2.57. The zero-order valence-corrected chi connectivity index (χ0v) is 11.3. The molecule has 0 bridgehead atoms. The van der Waals surface area contributed by atoms with Crippen LogP contribution in [0.1, 0.15) is 13.8 Å². The van der Waals surface area contributed by atoms with Crippen LogP contribution in [0.25, 0.3) is 0 Å². The Morgan fingerprint density at radius 3 is 2.50 bits per heavy atom. The third kappa shape index (κ3) is 3.69. The number of carboxylic acid groups (broad SMARTS) is 1. The third-order valence-electron chi connectivity index (χ3n) is 2.14. The molecule has 5 nitrogen and oxygen atoms in total. The number of hydrogen-bond acceptors (Lipinski definition) is 2. The Balaban J connectivity index is 2.74. The molecule has 0 aliphatic heterocycles. The maximum atomic E-state index is 13.4. The second-order valence-corrected chi connectivity index (χ2v) is 5.05. The summed E-state index contributed by atoms with van der Waals surface area (Å²) >= 11 is 3.08. The van der Waals surface area contributed by atoms with Gasteiger partial charge in [-0.3, -0.25) is 0 Å². The summed E-state index contributed by atoms with van der Waals surface area (Å²) in [5, 5.41) is 13.3. The average Bonchev–Trinajstić information content (AvgIpc) is 2.21. The van der Waals surface area contributed by atoms with Crippen molar-refractivity contribution in [3.8, 4) is 0 Å². The molecule has 7 heteroatoms. The number of halogens is 2. The number of nitrogens with one attached hydrogen (secondary N) is 2. The highest BCUT2D eigenvalue weighted by Crippen LogP contribution is 2.19. The van der Waals surface area contributed by atoms with Gasteiger partial charge in [-0.05, 0) is 32.0 Å². The van der Waals surface area contributed by atoms with Gasteiger partial charge in [0.2, 0.25) is 0 Å². The SMILES string of the molecule is CC(C)(NC(=O)Nc1ccc(Br)cc1F)C(=O)O. The summed E-state index contributed by atoms with van der Waals surface area (Å²) in [6.07, 6.45) is 0. The number of rotatable bonds is 3. The van der Waals surface area contributed by atoms with Crippen LogP contribution < -0.4 is 10.6 Å². The fourth-order valence-electron chi connectivity index (χ4n) is 1.08. The lowest BCUT2D eigenvalue weighted by Gasteiger charge is -2.21. The van der Waals surface area contributed by atoms with Crippen LogP contribution in [-0.2, 0) is 4.79 Å². The lowest BCUT2D eigenvalue weighted by Crippen LogP contribution is -2.51. The minimum atomic E-state index is -1.43. The molecule has 0 aliphatic rings. The second-order valence-electron chi connectivity index (χ2n) is 4.13. The molecular weight excluding hydrogens is 307 g/mol. The summed E-state index contributed by atoms with van der Waals surface area (Å²) < 4.78 is 14.0. The van der Waals surface area contributed by atoms with Gasteiger partial charge >= 0.3 is 12.0 Å². The van der Waals surface area contributed by atoms with Crippen LogP contribution in [0.3, 0.4) is 0 Å². The summed E-state index contributed by atoms with van der Waals surface area (Å²) in [7, 11) is 0. The number of carbonyl (C=O) groups excluding carboxylic acids is 1. The van der Waals surface area contributed by atoms with E-state index in [1.54, 1.807) is 6.07 Å². The van der Waals surface area contributed by atoms with Crippen molar-refractivity contribution in [3.63, 3.8) is 0 Å². The Morgan fingerprint density at radius 2 is 2.00 bits per heavy atom. The maximum absolute atomic E-state index is 13.4. The van der Waals surface area contributed by atoms with E-state index in [1.807, 2.05) is 0 Å². The molecule has 0 radical (unpaired) electrons. The molecule has 98 valence electrons. The van der Waals surface area contributed by atoms with Crippen molar-refractivity contribution < 1.29 is 19.1 Å². The minimum absolute atomic E-state index is 0.0307. The van der Waals surface area contributed by atoms with E-state index in [1.165, 1.54) is 26.0 Å². The van der Waals surface area contributed by atoms with Crippen LogP contribution in [0.15, 0.2) is 22.7 Å². The zero-order chi connectivity index (χ0) is 13.9. The molecule has 0 aromatic heterocycles. The molecule has 2 amide bonds. The molecular formula is C11H12BrFN2O3. The third-order valence-corrected chi connectivity index (χ3v) is 2.63. The van der Waals surface area contributed by atoms with Gasteiger partial charge < -0.3 is 15.7 Å². The summed E-state index contributed by atoms with van der Waals surface area (Å²) in [6, 6.07) is 3.33. The van der Waals surface area contributed by atoms with Crippen LogP contribution >= 0.6 is 15.9 Å². The number of amides is 2. The van der Waals surface area contributed by atoms with Gasteiger partial charge in [-0.1, -0.05) is 15.9 Å². The lowest BCUT2D eigenvalue weighted by molar-refractivity contribution is -0.142. The molecule has 3 N–H and O–H groups in total. The van der Waals surface area contributed by atoms with E-state index in [0.29, 0.717) is 4.47 Å². The Hall–Kier alpha value is -1.63. The largest absolute Gasteiger partial charge is 0.480 e. The molecule has 0 unspecified atom stereocenters. The van der Waals surface area contributed by atoms with Crippen molar-refractivity contribution >= 4 is 33.6 Å². The highest BCUT2D eigenvalue weighted by molar-refractivity contribution is 9.10. The summed E-state index contributed by atoms with van der Waals surface area (Å²) in [5.74, 6) is -1.80. The summed E-state index contributed by atoms with van der Waals surface area (Å²) in [6.45, 7) is 2.65. The molecule has 0 heterocycles. The number of aliphatic carboxylic acids is 1. The maximum Gasteiger partial charge on any atom is 0.328 e. The van der Waals surface area contributed by atoms with Crippen molar-refractivity contribution in [2.45, 2.75) is 19.4 Å². The number of carbonyl (C=O) groups is 2. The smallest absolute Gasteiger partial charge is 0.328 e. The Labute approximate surface area is 112 Å². The number of anilines is 1. The molecule has 0 saturated heterocycles. The van der Waals surface area contributed by atoms with Crippen molar-refractivity contribution in [2.24, 2.45) is 0 Å². The molecule has 18 heavy (non-hydrogen) atoms. The quantitative estimate of drug-likeness (QED) is 0.801. The van der Waals surface area contributed by atoms with E-state index in [4.69, 9.17) is 5.11 Å². The predicted molar refractivity (Wildman–Crippen MR) is 68.0 cm³/mol. The first-order chi connectivity index (χ1) is 8.22. The highest BCUT2D eigenvalue weighted by Gasteiger charge is 2.29. The van der Waals surface area contributed by atoms with E-state index in [0.717, 1.165) is 0 Å². The van der Waals surface area contributed by atoms with Gasteiger partial charge in [-0.15, -0.1) is 0 Å². The molecule has 0 atom stereocenters. The Bertz CT molecular complexity index is 491. The van der Waals surface area contributed by atoms with Crippen LogP contribution in [0.5, 0.6) is 0 Å². The van der Waals surface area contributed by atoms with E-state index < -0.39 is 23.4 Å². The lowest BCUT2D eigenvalue weighted by atomic mass is 10.1. The van der Waals surface area contributed by atoms with Crippen LogP contribution in [0.4, 0.5) is 14.9 Å². The van der Waals surface area contributed by atoms with Crippen LogP contribution in [0.2, 0.25) is 0 Å². The molecule has 0 aliphatic carbocycles. The topological polar surface area (TPSA) is 78.4 Å². The van der Waals surface area contributed by atoms with Gasteiger partial charge in [-0.25, -0.2) is 14.0 Å². The first kappa shape index (κ1) is 14.4. The molecule has 1 aromatic carbocycles. The fourth-order valence-corrected chi connectivity index (χ4v) is 1.41. The van der Waals surface area contributed by atoms with Gasteiger partial charge in [0.1, 0.15) is 11.4 Å². The molecule has 0 saturated carbocycles. The minimum Gasteiger partial charge on any atom is -0.480 e. The van der Waals surface area contributed by atoms with Gasteiger partial charge in [0.05, 0.1) is 5.69 Å². The van der Waals surface area contributed by atoms with Gasteiger partial charge in [-0.2, -0.15) is 0 Å². The number of urea groups is 1. The first-order valence-electron chi connectivity index (χ1n) is 5.00. The van der Waals surface area contributed by atoms with Gasteiger partial charge in [0, 0.05) is 4.47 Å². The zero-order valence-electron chi connectivity index (χ0n) is 9.75. The molecule has 1 rings (SSSR count). The van der Waals surface area contributed by atoms with E-state index in [2.05, 4.69) is 26.6 Å². The monoisotopic (exact) mass is 318 g/mol. The number of carboxylic acids is 1. The summed E-state index contributed by atoms with van der Waals surface area (Å²) in [5.41, 5.74) is -1.47. The molecule has 0 spiro atoms. The molecule has 1 aromatic rings. The highest BCUT2D eigenvalue weighted by atomic mass is 79.9. The van der Waals surface area contributed by atoms with Gasteiger partial charge in [0.15, 0.2) is 0 Å². The average molecular weight is 319 g/mol. The van der Waals surface area contributed by atoms with Crippen molar-refractivity contribution in [3.05, 3.63) is 28.5 Å². The van der Waals surface area contributed by atoms with Gasteiger partial charge in [0.25, 0.3) is 0 Å². The van der Waals surface area contributed by atoms with Crippen LogP contribution in [0, 0.1) is 5.82 Å². The van der Waals surface area contributed by atoms with Crippen LogP contribution in [-0.4, -0.2) is 22.6 Å². The summed E-state index contributed by atoms with van der Waals surface area (Å²) in [4.78, 5) is 22.3. The normalized spacial score (nSPS) is 10.9. The van der Waals surface area contributed by atoms with E-state index >= 15 is 0 Å². The second kappa shape index (κ2) is 5.34. The van der Waals surface area contributed by atoms with E-state index in [9.17, 15) is 14.0 Å². The Kier molecular flexibility index (Phi) is 4.28. The standard InChI is InChI=1S/C11H12BrFN2O3/c1-11(2,9(16)17)15-10(18)14-8-4-3-6(12)5-7(8)13/h3-5H,1-2H3,(H,16,17)(H2,14,15,18). The van der Waals surface area contributed by atoms with Crippen molar-refractivity contribution in [1.29, 1.82) is 0 Å². The molecule has 0 fully saturated rings. The number of hydrogen-bond donors (Lipinski definition) is 3. The van der Waals surface area contributed by atoms with Crippen molar-refractivity contribution in [1.82, 2.24) is 5.32 Å². The van der Waals surface area contributed by atoms with E-state index in [-0.39, 0.29) is 5.69 Å². The van der Waals surface area contributed by atoms with Crippen molar-refractivity contribution in [2.75, 3.05) is 5.32 Å². The number of benzene rings is 1. The fraction of sp³-hybridized carbons (Fsp3) is 0.273. The first-order valence-corrected chi connectivity index (χ1v) is 5.79. The Morgan fingerprint density at radius 1 is 1.39 bits per heavy atom.